The fourth-order valence-corrected chi connectivity index (χ4v) is 3.48. The highest BCUT2D eigenvalue weighted by Crippen LogP contribution is 2.15. The molecular weight excluding hydrogens is 308 g/mol. The number of piperidine rings is 1. The normalized spacial score (nSPS) is 17.5. The minimum Gasteiger partial charge on any atom is -0.387 e. The number of benzene rings is 2. The molecule has 0 aliphatic carbocycles. The van der Waals surface area contributed by atoms with Crippen LogP contribution in [0.3, 0.4) is 0 Å². The summed E-state index contributed by atoms with van der Waals surface area (Å²) >= 11 is 0. The number of hydrogen-bond acceptors (Lipinski definition) is 3. The molecule has 2 aromatic carbocycles. The van der Waals surface area contributed by atoms with Gasteiger partial charge in [0.15, 0.2) is 0 Å². The van der Waals surface area contributed by atoms with Gasteiger partial charge in [-0.15, -0.1) is 0 Å². The Hall–Kier alpha value is -1.68. The van der Waals surface area contributed by atoms with Gasteiger partial charge in [-0.1, -0.05) is 60.2 Å². The topological polar surface area (TPSA) is 35.5 Å². The summed E-state index contributed by atoms with van der Waals surface area (Å²) < 4.78 is 0. The van der Waals surface area contributed by atoms with E-state index in [-0.39, 0.29) is 0 Å². The Labute approximate surface area is 151 Å². The summed E-state index contributed by atoms with van der Waals surface area (Å²) in [5, 5.41) is 13.9. The maximum absolute atomic E-state index is 10.3. The fraction of sp³-hybridized carbons (Fsp3) is 0.455. The van der Waals surface area contributed by atoms with E-state index in [1.54, 1.807) is 0 Å². The van der Waals surface area contributed by atoms with E-state index in [9.17, 15) is 5.11 Å². The van der Waals surface area contributed by atoms with Crippen molar-refractivity contribution < 1.29 is 5.11 Å². The van der Waals surface area contributed by atoms with Gasteiger partial charge in [0.25, 0.3) is 0 Å². The van der Waals surface area contributed by atoms with Gasteiger partial charge in [0.1, 0.15) is 0 Å². The minimum atomic E-state index is -0.420. The molecule has 2 N–H and O–H groups in total. The highest BCUT2D eigenvalue weighted by molar-refractivity contribution is 5.23. The number of nitrogens with one attached hydrogen (secondary N) is 1. The van der Waals surface area contributed by atoms with Gasteiger partial charge >= 0.3 is 0 Å². The zero-order valence-corrected chi connectivity index (χ0v) is 15.2. The molecule has 25 heavy (non-hydrogen) atoms. The molecule has 134 valence electrons. The van der Waals surface area contributed by atoms with Crippen LogP contribution in [0.25, 0.3) is 0 Å². The van der Waals surface area contributed by atoms with Crippen molar-refractivity contribution in [2.24, 2.45) is 0 Å². The van der Waals surface area contributed by atoms with Crippen molar-refractivity contribution in [1.82, 2.24) is 10.2 Å². The number of aliphatic hydroxyl groups is 1. The predicted octanol–water partition coefficient (Wildman–Crippen LogP) is 3.33. The highest BCUT2D eigenvalue weighted by Gasteiger charge is 2.19. The molecule has 3 rings (SSSR count). The summed E-state index contributed by atoms with van der Waals surface area (Å²) in [6.07, 6.45) is 3.03. The predicted molar refractivity (Wildman–Crippen MR) is 104 cm³/mol. The van der Waals surface area contributed by atoms with Crippen LogP contribution in [0.4, 0.5) is 0 Å². The number of rotatable bonds is 7. The molecule has 1 fully saturated rings. The van der Waals surface area contributed by atoms with Crippen molar-refractivity contribution in [3.8, 4) is 0 Å². The Morgan fingerprint density at radius 2 is 1.72 bits per heavy atom. The Balaban J connectivity index is 1.35. The molecular formula is C22H30N2O. The zero-order valence-electron chi connectivity index (χ0n) is 15.2. The van der Waals surface area contributed by atoms with Crippen molar-refractivity contribution in [2.75, 3.05) is 26.2 Å². The third kappa shape index (κ3) is 5.67. The molecule has 3 heteroatoms. The first kappa shape index (κ1) is 18.1. The average Bonchev–Trinajstić information content (AvgIpc) is 2.67. The van der Waals surface area contributed by atoms with Gasteiger partial charge in [0.05, 0.1) is 6.10 Å². The van der Waals surface area contributed by atoms with E-state index in [0.717, 1.165) is 44.5 Å². The van der Waals surface area contributed by atoms with Crippen molar-refractivity contribution in [2.45, 2.75) is 38.3 Å². The van der Waals surface area contributed by atoms with Crippen LogP contribution in [0.15, 0.2) is 54.6 Å². The molecule has 1 aliphatic heterocycles. The van der Waals surface area contributed by atoms with Gasteiger partial charge in [0.2, 0.25) is 0 Å². The standard InChI is InChI=1S/C22H30N2O/c1-18-7-9-20(10-8-18)22(25)17-23-21-12-15-24(16-13-21)14-11-19-5-3-2-4-6-19/h2-10,21-23,25H,11-17H2,1H3. The molecule has 2 aromatic rings. The summed E-state index contributed by atoms with van der Waals surface area (Å²) in [4.78, 5) is 2.56. The lowest BCUT2D eigenvalue weighted by Gasteiger charge is -2.33. The van der Waals surface area contributed by atoms with E-state index in [1.807, 2.05) is 12.1 Å². The maximum Gasteiger partial charge on any atom is 0.0914 e. The number of hydrogen-bond donors (Lipinski definition) is 2. The van der Waals surface area contributed by atoms with E-state index < -0.39 is 6.10 Å². The fourth-order valence-electron chi connectivity index (χ4n) is 3.48. The van der Waals surface area contributed by atoms with E-state index in [1.165, 1.54) is 11.1 Å². The van der Waals surface area contributed by atoms with E-state index in [4.69, 9.17) is 0 Å². The van der Waals surface area contributed by atoms with Crippen molar-refractivity contribution in [1.29, 1.82) is 0 Å². The molecule has 0 bridgehead atoms. The Morgan fingerprint density at radius 3 is 2.40 bits per heavy atom. The lowest BCUT2D eigenvalue weighted by molar-refractivity contribution is 0.152. The molecule has 1 atom stereocenters. The molecule has 0 spiro atoms. The summed E-state index contributed by atoms with van der Waals surface area (Å²) in [6, 6.07) is 19.4. The number of nitrogens with zero attached hydrogens (tertiary/aromatic N) is 1. The van der Waals surface area contributed by atoms with E-state index in [0.29, 0.717) is 12.6 Å². The third-order valence-electron chi connectivity index (χ3n) is 5.21. The van der Waals surface area contributed by atoms with Gasteiger partial charge in [-0.05, 0) is 50.4 Å². The second-order valence-electron chi connectivity index (χ2n) is 7.19. The maximum atomic E-state index is 10.3. The number of aliphatic hydroxyl groups excluding tert-OH is 1. The van der Waals surface area contributed by atoms with Crippen LogP contribution in [-0.2, 0) is 6.42 Å². The molecule has 1 aliphatic rings. The molecule has 3 nitrogen and oxygen atoms in total. The Kier molecular flexibility index (Phi) is 6.62. The first-order chi connectivity index (χ1) is 12.2. The molecule has 1 unspecified atom stereocenters. The van der Waals surface area contributed by atoms with Crippen LogP contribution in [-0.4, -0.2) is 42.2 Å². The smallest absolute Gasteiger partial charge is 0.0914 e. The summed E-state index contributed by atoms with van der Waals surface area (Å²) in [5.74, 6) is 0. The summed E-state index contributed by atoms with van der Waals surface area (Å²) in [6.45, 7) is 6.14. The first-order valence-corrected chi connectivity index (χ1v) is 9.45. The molecule has 1 heterocycles. The largest absolute Gasteiger partial charge is 0.387 e. The number of likely N-dealkylation sites (tertiary alicyclic amines) is 1. The third-order valence-corrected chi connectivity index (χ3v) is 5.21. The van der Waals surface area contributed by atoms with Gasteiger partial charge < -0.3 is 15.3 Å². The van der Waals surface area contributed by atoms with Crippen LogP contribution >= 0.6 is 0 Å². The van der Waals surface area contributed by atoms with E-state index >= 15 is 0 Å². The SMILES string of the molecule is Cc1ccc(C(O)CNC2CCN(CCc3ccccc3)CC2)cc1. The summed E-state index contributed by atoms with van der Waals surface area (Å²) in [7, 11) is 0. The van der Waals surface area contributed by atoms with Gasteiger partial charge in [0, 0.05) is 19.1 Å². The molecule has 0 radical (unpaired) electrons. The second-order valence-corrected chi connectivity index (χ2v) is 7.19. The zero-order chi connectivity index (χ0) is 17.5. The number of aryl methyl sites for hydroxylation is 1. The molecule has 0 aromatic heterocycles. The molecule has 0 saturated carbocycles. The van der Waals surface area contributed by atoms with Crippen LogP contribution < -0.4 is 5.32 Å². The Bertz CT molecular complexity index is 618. The van der Waals surface area contributed by atoms with Crippen molar-refractivity contribution in [3.63, 3.8) is 0 Å². The van der Waals surface area contributed by atoms with Gasteiger partial charge in [-0.25, -0.2) is 0 Å². The molecule has 0 amide bonds. The van der Waals surface area contributed by atoms with Crippen molar-refractivity contribution >= 4 is 0 Å². The lowest BCUT2D eigenvalue weighted by atomic mass is 10.0. The lowest BCUT2D eigenvalue weighted by Crippen LogP contribution is -2.44. The monoisotopic (exact) mass is 338 g/mol. The quantitative estimate of drug-likeness (QED) is 0.813. The van der Waals surface area contributed by atoms with Crippen molar-refractivity contribution in [3.05, 3.63) is 71.3 Å². The second kappa shape index (κ2) is 9.14. The van der Waals surface area contributed by atoms with Crippen LogP contribution in [0.5, 0.6) is 0 Å². The summed E-state index contributed by atoms with van der Waals surface area (Å²) in [5.41, 5.74) is 3.65. The highest BCUT2D eigenvalue weighted by atomic mass is 16.3. The van der Waals surface area contributed by atoms with Crippen LogP contribution in [0.2, 0.25) is 0 Å². The first-order valence-electron chi connectivity index (χ1n) is 9.45. The average molecular weight is 338 g/mol. The molecule has 1 saturated heterocycles. The van der Waals surface area contributed by atoms with Crippen LogP contribution in [0.1, 0.15) is 35.6 Å². The minimum absolute atomic E-state index is 0.420. The Morgan fingerprint density at radius 1 is 1.04 bits per heavy atom. The van der Waals surface area contributed by atoms with Gasteiger partial charge in [-0.2, -0.15) is 0 Å². The van der Waals surface area contributed by atoms with Crippen LogP contribution in [0, 0.1) is 6.92 Å². The van der Waals surface area contributed by atoms with Gasteiger partial charge in [-0.3, -0.25) is 0 Å². The van der Waals surface area contributed by atoms with E-state index in [2.05, 4.69) is 59.6 Å².